The molecule has 0 radical (unpaired) electrons. The Morgan fingerprint density at radius 1 is 1.21 bits per heavy atom. The second kappa shape index (κ2) is 6.63. The summed E-state index contributed by atoms with van der Waals surface area (Å²) in [5.74, 6) is -0.607. The number of rotatable bonds is 5. The maximum absolute atomic E-state index is 11.9. The molecule has 0 spiro atoms. The smallest absolute Gasteiger partial charge is 0.310 e. The van der Waals surface area contributed by atoms with Gasteiger partial charge < -0.3 is 4.74 Å². The molecule has 3 nitrogen and oxygen atoms in total. The Morgan fingerprint density at radius 2 is 2.00 bits per heavy atom. The van der Waals surface area contributed by atoms with Crippen LogP contribution in [0.1, 0.15) is 15.9 Å². The quantitative estimate of drug-likeness (QED) is 0.619. The van der Waals surface area contributed by atoms with Gasteiger partial charge in [0.05, 0.1) is 6.42 Å². The van der Waals surface area contributed by atoms with Gasteiger partial charge in [-0.1, -0.05) is 34.1 Å². The lowest BCUT2D eigenvalue weighted by Gasteiger charge is -2.05. The second-order valence-corrected chi connectivity index (χ2v) is 5.51. The summed E-state index contributed by atoms with van der Waals surface area (Å²) in [7, 11) is 0. The van der Waals surface area contributed by atoms with E-state index in [-0.39, 0.29) is 24.8 Å². The molecule has 1 aromatic carbocycles. The molecule has 5 heteroatoms. The monoisotopic (exact) mass is 338 g/mol. The van der Waals surface area contributed by atoms with Gasteiger partial charge in [0.15, 0.2) is 6.61 Å². The fourth-order valence-electron chi connectivity index (χ4n) is 1.52. The number of hydrogen-bond donors (Lipinski definition) is 0. The molecule has 0 saturated heterocycles. The third-order valence-electron chi connectivity index (χ3n) is 2.47. The van der Waals surface area contributed by atoms with Crippen LogP contribution < -0.4 is 0 Å². The van der Waals surface area contributed by atoms with E-state index in [0.29, 0.717) is 10.0 Å². The van der Waals surface area contributed by atoms with Gasteiger partial charge in [0.1, 0.15) is 0 Å². The maximum atomic E-state index is 11.9. The van der Waals surface area contributed by atoms with E-state index >= 15 is 0 Å². The molecule has 2 aromatic rings. The highest BCUT2D eigenvalue weighted by Crippen LogP contribution is 2.16. The van der Waals surface area contributed by atoms with Gasteiger partial charge in [-0.15, -0.1) is 0 Å². The van der Waals surface area contributed by atoms with Gasteiger partial charge in [-0.05, 0) is 28.5 Å². The summed E-state index contributed by atoms with van der Waals surface area (Å²) in [6.45, 7) is -0.231. The Hall–Kier alpha value is -1.46. The molecular formula is C14H11BrO3S. The van der Waals surface area contributed by atoms with Crippen molar-refractivity contribution in [3.63, 3.8) is 0 Å². The Kier molecular flexibility index (Phi) is 4.87. The van der Waals surface area contributed by atoms with Gasteiger partial charge in [0.25, 0.3) is 0 Å². The topological polar surface area (TPSA) is 43.4 Å². The molecule has 0 amide bonds. The van der Waals surface area contributed by atoms with Crippen molar-refractivity contribution in [3.8, 4) is 0 Å². The summed E-state index contributed by atoms with van der Waals surface area (Å²) in [6, 6.07) is 8.93. The number of benzene rings is 1. The highest BCUT2D eigenvalue weighted by molar-refractivity contribution is 9.10. The molecule has 19 heavy (non-hydrogen) atoms. The van der Waals surface area contributed by atoms with Crippen LogP contribution in [-0.4, -0.2) is 18.4 Å². The molecule has 98 valence electrons. The van der Waals surface area contributed by atoms with Crippen LogP contribution in [0.2, 0.25) is 0 Å². The Bertz CT molecular complexity index is 578. The highest BCUT2D eigenvalue weighted by Gasteiger charge is 2.12. The van der Waals surface area contributed by atoms with Crippen LogP contribution in [0.15, 0.2) is 45.6 Å². The van der Waals surface area contributed by atoms with E-state index in [0.717, 1.165) is 5.56 Å². The van der Waals surface area contributed by atoms with Gasteiger partial charge in [0, 0.05) is 10.0 Å². The molecule has 0 N–H and O–H groups in total. The number of thiophene rings is 1. The number of carbonyl (C=O) groups is 2. The van der Waals surface area contributed by atoms with Gasteiger partial charge in [0.2, 0.25) is 5.78 Å². The van der Waals surface area contributed by atoms with Crippen molar-refractivity contribution >= 4 is 39.0 Å². The minimum atomic E-state index is -0.390. The predicted molar refractivity (Wildman–Crippen MR) is 77.5 cm³/mol. The van der Waals surface area contributed by atoms with E-state index in [4.69, 9.17) is 4.74 Å². The minimum absolute atomic E-state index is 0.201. The summed E-state index contributed by atoms with van der Waals surface area (Å²) in [5.41, 5.74) is 1.43. The fourth-order valence-corrected chi connectivity index (χ4v) is 2.70. The second-order valence-electron chi connectivity index (χ2n) is 3.87. The average Bonchev–Trinajstić information content (AvgIpc) is 2.89. The molecule has 0 unspecified atom stereocenters. The molecule has 1 aromatic heterocycles. The van der Waals surface area contributed by atoms with Crippen LogP contribution in [-0.2, 0) is 16.0 Å². The van der Waals surface area contributed by atoms with Crippen LogP contribution in [0.5, 0.6) is 0 Å². The van der Waals surface area contributed by atoms with Crippen molar-refractivity contribution in [2.24, 2.45) is 0 Å². The van der Waals surface area contributed by atoms with Crippen LogP contribution in [0.4, 0.5) is 0 Å². The Balaban J connectivity index is 1.87. The van der Waals surface area contributed by atoms with Crippen LogP contribution >= 0.6 is 27.3 Å². The minimum Gasteiger partial charge on any atom is -0.457 e. The standard InChI is InChI=1S/C14H11BrO3S/c15-12-4-2-1-3-11(12)13(16)8-18-14(17)7-10-5-6-19-9-10/h1-6,9H,7-8H2. The zero-order valence-electron chi connectivity index (χ0n) is 9.97. The number of esters is 1. The molecule has 0 aliphatic heterocycles. The van der Waals surface area contributed by atoms with Crippen LogP contribution in [0, 0.1) is 0 Å². The molecule has 0 bridgehead atoms. The maximum Gasteiger partial charge on any atom is 0.310 e. The van der Waals surface area contributed by atoms with Crippen molar-refractivity contribution in [2.45, 2.75) is 6.42 Å². The lowest BCUT2D eigenvalue weighted by molar-refractivity contribution is -0.141. The molecule has 2 rings (SSSR count). The lowest BCUT2D eigenvalue weighted by Crippen LogP contribution is -2.15. The summed E-state index contributed by atoms with van der Waals surface area (Å²) < 4.78 is 5.68. The van der Waals surface area contributed by atoms with Crippen molar-refractivity contribution in [3.05, 3.63) is 56.7 Å². The molecular weight excluding hydrogens is 328 g/mol. The van der Waals surface area contributed by atoms with E-state index in [1.54, 1.807) is 18.2 Å². The number of hydrogen-bond acceptors (Lipinski definition) is 4. The van der Waals surface area contributed by atoms with E-state index in [1.807, 2.05) is 22.9 Å². The zero-order valence-corrected chi connectivity index (χ0v) is 12.4. The van der Waals surface area contributed by atoms with E-state index < -0.39 is 0 Å². The first-order valence-electron chi connectivity index (χ1n) is 5.61. The first-order chi connectivity index (χ1) is 9.16. The highest BCUT2D eigenvalue weighted by atomic mass is 79.9. The van der Waals surface area contributed by atoms with E-state index in [1.165, 1.54) is 11.3 Å². The molecule has 0 fully saturated rings. The third kappa shape index (κ3) is 4.01. The molecule has 0 aliphatic rings. The predicted octanol–water partition coefficient (Wildman–Crippen LogP) is 3.48. The Morgan fingerprint density at radius 3 is 2.68 bits per heavy atom. The van der Waals surface area contributed by atoms with E-state index in [9.17, 15) is 9.59 Å². The summed E-state index contributed by atoms with van der Waals surface area (Å²) >= 11 is 4.82. The molecule has 0 saturated carbocycles. The van der Waals surface area contributed by atoms with Gasteiger partial charge >= 0.3 is 5.97 Å². The fraction of sp³-hybridized carbons (Fsp3) is 0.143. The van der Waals surface area contributed by atoms with E-state index in [2.05, 4.69) is 15.9 Å². The van der Waals surface area contributed by atoms with Crippen LogP contribution in [0.3, 0.4) is 0 Å². The van der Waals surface area contributed by atoms with Crippen molar-refractivity contribution in [1.29, 1.82) is 0 Å². The van der Waals surface area contributed by atoms with Gasteiger partial charge in [-0.2, -0.15) is 11.3 Å². The van der Waals surface area contributed by atoms with Crippen molar-refractivity contribution in [1.82, 2.24) is 0 Å². The van der Waals surface area contributed by atoms with Crippen LogP contribution in [0.25, 0.3) is 0 Å². The van der Waals surface area contributed by atoms with Gasteiger partial charge in [-0.3, -0.25) is 9.59 Å². The summed E-state index contributed by atoms with van der Waals surface area (Å²) in [5, 5.41) is 3.78. The number of Topliss-reactive ketones (excluding diaryl/α,β-unsaturated/α-hetero) is 1. The Labute approximate surface area is 123 Å². The number of ketones is 1. The van der Waals surface area contributed by atoms with Crippen molar-refractivity contribution < 1.29 is 14.3 Å². The summed E-state index contributed by atoms with van der Waals surface area (Å²) in [4.78, 5) is 23.4. The molecule has 0 atom stereocenters. The number of carbonyl (C=O) groups excluding carboxylic acids is 2. The number of ether oxygens (including phenoxy) is 1. The first-order valence-corrected chi connectivity index (χ1v) is 7.35. The van der Waals surface area contributed by atoms with Gasteiger partial charge in [-0.25, -0.2) is 0 Å². The average molecular weight is 339 g/mol. The summed E-state index contributed by atoms with van der Waals surface area (Å²) in [6.07, 6.45) is 0.201. The zero-order chi connectivity index (χ0) is 13.7. The SMILES string of the molecule is O=C(Cc1ccsc1)OCC(=O)c1ccccc1Br. The first kappa shape index (κ1) is 14.0. The molecule has 0 aliphatic carbocycles. The number of halogens is 1. The largest absolute Gasteiger partial charge is 0.457 e. The lowest BCUT2D eigenvalue weighted by atomic mass is 10.1. The van der Waals surface area contributed by atoms with Crippen molar-refractivity contribution in [2.75, 3.05) is 6.61 Å². The molecule has 1 heterocycles. The normalized spacial score (nSPS) is 10.2. The third-order valence-corrected chi connectivity index (χ3v) is 3.89.